The first-order valence-electron chi connectivity index (χ1n) is 8.33. The van der Waals surface area contributed by atoms with Crippen molar-refractivity contribution in [3.05, 3.63) is 48.0 Å². The summed E-state index contributed by atoms with van der Waals surface area (Å²) in [6.45, 7) is 9.73. The molecule has 0 unspecified atom stereocenters. The van der Waals surface area contributed by atoms with E-state index in [2.05, 4.69) is 18.4 Å². The van der Waals surface area contributed by atoms with Crippen molar-refractivity contribution in [3.8, 4) is 0 Å². The van der Waals surface area contributed by atoms with Crippen LogP contribution >= 0.6 is 0 Å². The maximum atomic E-state index is 12.8. The van der Waals surface area contributed by atoms with Crippen LogP contribution in [0.5, 0.6) is 0 Å². The van der Waals surface area contributed by atoms with Crippen LogP contribution in [-0.2, 0) is 15.1 Å². The number of hydrogen-bond acceptors (Lipinski definition) is 4. The molecule has 3 atom stereocenters. The fourth-order valence-electron chi connectivity index (χ4n) is 3.88. The number of nitrogens with zero attached hydrogens (tertiary/aromatic N) is 1. The highest BCUT2D eigenvalue weighted by Crippen LogP contribution is 2.37. The van der Waals surface area contributed by atoms with E-state index in [9.17, 15) is 9.90 Å². The van der Waals surface area contributed by atoms with Crippen molar-refractivity contribution in [1.82, 2.24) is 4.90 Å². The second-order valence-electron chi connectivity index (χ2n) is 6.84. The van der Waals surface area contributed by atoms with E-state index in [0.717, 1.165) is 25.9 Å². The molecule has 4 rings (SSSR count). The third-order valence-electron chi connectivity index (χ3n) is 5.44. The highest BCUT2D eigenvalue weighted by atomic mass is 16.6. The first kappa shape index (κ1) is 16.2. The zero-order valence-corrected chi connectivity index (χ0v) is 13.9. The van der Waals surface area contributed by atoms with Gasteiger partial charge in [-0.3, -0.25) is 4.90 Å². The number of hydrogen-bond donors (Lipinski definition) is 1. The van der Waals surface area contributed by atoms with Crippen LogP contribution in [0.4, 0.5) is 0 Å². The Hall–Kier alpha value is -1.65. The summed E-state index contributed by atoms with van der Waals surface area (Å²) in [5.74, 6) is -0.217. The lowest BCUT2D eigenvalue weighted by Crippen LogP contribution is -2.58. The summed E-state index contributed by atoms with van der Waals surface area (Å²) >= 11 is 0. The number of esters is 1. The third kappa shape index (κ3) is 2.70. The van der Waals surface area contributed by atoms with Crippen molar-refractivity contribution in [2.75, 3.05) is 13.1 Å². The fourth-order valence-corrected chi connectivity index (χ4v) is 3.88. The van der Waals surface area contributed by atoms with Gasteiger partial charge in [0.1, 0.15) is 6.10 Å². The molecule has 1 aromatic carbocycles. The zero-order valence-electron chi connectivity index (χ0n) is 13.9. The summed E-state index contributed by atoms with van der Waals surface area (Å²) in [6.07, 6.45) is 1.96. The van der Waals surface area contributed by atoms with Gasteiger partial charge >= 0.3 is 5.97 Å². The van der Waals surface area contributed by atoms with Crippen LogP contribution in [0.3, 0.4) is 0 Å². The minimum absolute atomic E-state index is 0.153. The van der Waals surface area contributed by atoms with Gasteiger partial charge in [0.15, 0.2) is 0 Å². The van der Waals surface area contributed by atoms with Crippen molar-refractivity contribution in [2.24, 2.45) is 5.92 Å². The summed E-state index contributed by atoms with van der Waals surface area (Å²) in [5, 5.41) is 11.0. The molecule has 0 saturated carbocycles. The maximum absolute atomic E-state index is 12.8. The summed E-state index contributed by atoms with van der Waals surface area (Å²) in [7, 11) is 0. The fraction of sp³-hybridized carbons (Fsp3) is 0.526. The standard InChI is InChI=1S/C19H25NO3/c1-13(2)19(22,16-7-5-4-6-8-16)18(21)23-17-14(3)20-11-9-15(17)10-12-20/h4-8,14-15,17,22H,1,9-12H2,2-3H3/t14-,17-,19-/m0/s1. The summed E-state index contributed by atoms with van der Waals surface area (Å²) < 4.78 is 5.83. The molecular weight excluding hydrogens is 290 g/mol. The Morgan fingerprint density at radius 3 is 2.43 bits per heavy atom. The van der Waals surface area contributed by atoms with Crippen LogP contribution < -0.4 is 0 Å². The maximum Gasteiger partial charge on any atom is 0.347 e. The number of rotatable bonds is 4. The molecule has 3 saturated heterocycles. The molecule has 1 N–H and O–H groups in total. The van der Waals surface area contributed by atoms with E-state index >= 15 is 0 Å². The SMILES string of the molecule is C=C(C)[C@@](O)(C(=O)O[C@@H]1C2CCN(CC2)[C@H]1C)c1ccccc1. The van der Waals surface area contributed by atoms with Crippen LogP contribution in [0.2, 0.25) is 0 Å². The Morgan fingerprint density at radius 2 is 1.91 bits per heavy atom. The van der Waals surface area contributed by atoms with Gasteiger partial charge in [0.25, 0.3) is 0 Å². The molecular formula is C19H25NO3. The molecule has 4 nitrogen and oxygen atoms in total. The van der Waals surface area contributed by atoms with Gasteiger partial charge < -0.3 is 9.84 Å². The second kappa shape index (κ2) is 6.10. The summed E-state index contributed by atoms with van der Waals surface area (Å²) in [6, 6.07) is 9.12. The van der Waals surface area contributed by atoms with Crippen molar-refractivity contribution >= 4 is 5.97 Å². The van der Waals surface area contributed by atoms with Crippen molar-refractivity contribution in [2.45, 2.75) is 44.4 Å². The minimum atomic E-state index is -1.78. The third-order valence-corrected chi connectivity index (χ3v) is 5.44. The molecule has 0 radical (unpaired) electrons. The lowest BCUT2D eigenvalue weighted by molar-refractivity contribution is -0.183. The van der Waals surface area contributed by atoms with Crippen molar-refractivity contribution in [3.63, 3.8) is 0 Å². The summed E-state index contributed by atoms with van der Waals surface area (Å²) in [5.41, 5.74) is -0.901. The molecule has 3 heterocycles. The van der Waals surface area contributed by atoms with Crippen molar-refractivity contribution in [1.29, 1.82) is 0 Å². The van der Waals surface area contributed by atoms with Crippen LogP contribution in [-0.4, -0.2) is 41.2 Å². The van der Waals surface area contributed by atoms with Gasteiger partial charge in [0.05, 0.1) is 0 Å². The Labute approximate surface area is 137 Å². The topological polar surface area (TPSA) is 49.8 Å². The largest absolute Gasteiger partial charge is 0.458 e. The Balaban J connectivity index is 1.84. The number of ether oxygens (including phenoxy) is 1. The van der Waals surface area contributed by atoms with E-state index in [1.807, 2.05) is 6.07 Å². The number of carbonyl (C=O) groups excluding carboxylic acids is 1. The highest BCUT2D eigenvalue weighted by Gasteiger charge is 2.47. The monoisotopic (exact) mass is 315 g/mol. The van der Waals surface area contributed by atoms with E-state index in [0.29, 0.717) is 17.1 Å². The molecule has 3 aliphatic rings. The van der Waals surface area contributed by atoms with E-state index in [1.54, 1.807) is 31.2 Å². The van der Waals surface area contributed by atoms with Crippen LogP contribution in [0.25, 0.3) is 0 Å². The quantitative estimate of drug-likeness (QED) is 0.685. The molecule has 0 aromatic heterocycles. The van der Waals surface area contributed by atoms with Gasteiger partial charge in [0.2, 0.25) is 5.60 Å². The van der Waals surface area contributed by atoms with Crippen LogP contribution in [0.15, 0.2) is 42.5 Å². The van der Waals surface area contributed by atoms with E-state index in [4.69, 9.17) is 4.74 Å². The number of aliphatic hydroxyl groups is 1. The van der Waals surface area contributed by atoms with Gasteiger partial charge in [-0.05, 0) is 56.8 Å². The van der Waals surface area contributed by atoms with Gasteiger partial charge in [-0.1, -0.05) is 36.9 Å². The lowest BCUT2D eigenvalue weighted by Gasteiger charge is -2.49. The smallest absolute Gasteiger partial charge is 0.347 e. The Kier molecular flexibility index (Phi) is 4.30. The first-order valence-corrected chi connectivity index (χ1v) is 8.33. The normalized spacial score (nSPS) is 32.1. The Morgan fingerprint density at radius 1 is 1.30 bits per heavy atom. The van der Waals surface area contributed by atoms with E-state index < -0.39 is 11.6 Å². The van der Waals surface area contributed by atoms with Gasteiger partial charge in [-0.25, -0.2) is 4.79 Å². The van der Waals surface area contributed by atoms with Gasteiger partial charge in [-0.15, -0.1) is 0 Å². The van der Waals surface area contributed by atoms with Crippen LogP contribution in [0.1, 0.15) is 32.3 Å². The molecule has 0 spiro atoms. The Bertz CT molecular complexity index is 590. The van der Waals surface area contributed by atoms with Crippen LogP contribution in [0, 0.1) is 5.92 Å². The van der Waals surface area contributed by atoms with Gasteiger partial charge in [0, 0.05) is 6.04 Å². The molecule has 4 heteroatoms. The number of carbonyl (C=O) groups is 1. The molecule has 2 bridgehead atoms. The average molecular weight is 315 g/mol. The predicted octanol–water partition coefficient (Wildman–Crippen LogP) is 2.48. The molecule has 23 heavy (non-hydrogen) atoms. The van der Waals surface area contributed by atoms with E-state index in [-0.39, 0.29) is 12.1 Å². The first-order chi connectivity index (χ1) is 10.9. The molecule has 0 aliphatic carbocycles. The van der Waals surface area contributed by atoms with E-state index in [1.165, 1.54) is 0 Å². The predicted molar refractivity (Wildman–Crippen MR) is 88.8 cm³/mol. The van der Waals surface area contributed by atoms with Gasteiger partial charge in [-0.2, -0.15) is 0 Å². The molecule has 3 fully saturated rings. The minimum Gasteiger partial charge on any atom is -0.458 e. The average Bonchev–Trinajstić information content (AvgIpc) is 2.58. The number of piperidine rings is 3. The molecule has 1 aromatic rings. The van der Waals surface area contributed by atoms with Crippen molar-refractivity contribution < 1.29 is 14.6 Å². The zero-order chi connectivity index (χ0) is 16.6. The molecule has 124 valence electrons. The molecule has 3 aliphatic heterocycles. The lowest BCUT2D eigenvalue weighted by atomic mass is 9.80. The number of benzene rings is 1. The molecule has 0 amide bonds. The highest BCUT2D eigenvalue weighted by molar-refractivity contribution is 5.85. The number of fused-ring (bicyclic) bond motifs is 3. The second-order valence-corrected chi connectivity index (χ2v) is 6.84. The summed E-state index contributed by atoms with van der Waals surface area (Å²) in [4.78, 5) is 15.2.